The molecule has 0 amide bonds. The molecule has 52 heavy (non-hydrogen) atoms. The molecule has 0 bridgehead atoms. The van der Waals surface area contributed by atoms with Crippen LogP contribution < -0.4 is 10.2 Å². The van der Waals surface area contributed by atoms with Crippen LogP contribution in [0.4, 0.5) is 0 Å². The van der Waals surface area contributed by atoms with Crippen molar-refractivity contribution in [2.24, 2.45) is 0 Å². The Bertz CT molecular complexity index is 1820. The predicted octanol–water partition coefficient (Wildman–Crippen LogP) is -3.22. The fraction of sp³-hybridized carbons (Fsp3) is 0.531. The molecular weight excluding hydrogens is 704 g/mol. The number of rotatable bonds is 9. The van der Waals surface area contributed by atoms with Crippen molar-refractivity contribution in [1.82, 2.24) is 0 Å². The Morgan fingerprint density at radius 2 is 1.56 bits per heavy atom. The summed E-state index contributed by atoms with van der Waals surface area (Å²) in [6, 6.07) is 5.08. The van der Waals surface area contributed by atoms with Crippen LogP contribution in [0.3, 0.4) is 0 Å². The number of aromatic hydroxyl groups is 4. The third-order valence-electron chi connectivity index (χ3n) is 9.14. The second-order valence-corrected chi connectivity index (χ2v) is 12.8. The zero-order valence-corrected chi connectivity index (χ0v) is 27.1. The summed E-state index contributed by atoms with van der Waals surface area (Å²) < 4.78 is 39.7. The van der Waals surface area contributed by atoms with Crippen LogP contribution in [0.1, 0.15) is 6.92 Å². The normalized spacial score (nSPS) is 36.6. The van der Waals surface area contributed by atoms with Gasteiger partial charge < -0.3 is 94.1 Å². The van der Waals surface area contributed by atoms with Gasteiger partial charge in [0.2, 0.25) is 17.5 Å². The third-order valence-corrected chi connectivity index (χ3v) is 9.14. The summed E-state index contributed by atoms with van der Waals surface area (Å²) in [6.07, 6.45) is -20.6. The molecule has 6 rings (SSSR count). The summed E-state index contributed by atoms with van der Waals surface area (Å²) in [4.78, 5) is 14.0. The van der Waals surface area contributed by atoms with Crippen LogP contribution in [-0.2, 0) is 23.7 Å². The van der Waals surface area contributed by atoms with E-state index in [1.807, 2.05) is 0 Å². The van der Waals surface area contributed by atoms with Gasteiger partial charge in [-0.3, -0.25) is 4.79 Å². The SMILES string of the molecule is C[C@@H]1O[C@@H](OC[C@@H]2O[C@@H](Oc3c(-c4ccc(O)c(O)c4)oc4cc(O)cc(O)c4c3=O)[C@@H](OC3OC[C@](O)(CO)[C@H]3O)[C@H](O)[C@@H]2O)[C@H](O)[C@H](O)[C@H]1O. The predicted molar refractivity (Wildman–Crippen MR) is 167 cm³/mol. The molecule has 0 aliphatic carbocycles. The van der Waals surface area contributed by atoms with Gasteiger partial charge in [-0.05, 0) is 25.1 Å². The van der Waals surface area contributed by atoms with E-state index in [1.165, 1.54) is 13.0 Å². The van der Waals surface area contributed by atoms with Crippen molar-refractivity contribution >= 4 is 11.0 Å². The minimum absolute atomic E-state index is 0.0956. The van der Waals surface area contributed by atoms with Crippen LogP contribution in [0.2, 0.25) is 0 Å². The Morgan fingerprint density at radius 1 is 0.827 bits per heavy atom. The van der Waals surface area contributed by atoms with Crippen molar-refractivity contribution in [2.75, 3.05) is 19.8 Å². The van der Waals surface area contributed by atoms with Crippen LogP contribution in [0.5, 0.6) is 28.7 Å². The van der Waals surface area contributed by atoms with Gasteiger partial charge in [-0.2, -0.15) is 0 Å². The fourth-order valence-corrected chi connectivity index (χ4v) is 6.03. The maximum absolute atomic E-state index is 14.0. The van der Waals surface area contributed by atoms with Gasteiger partial charge in [0.05, 0.1) is 25.9 Å². The van der Waals surface area contributed by atoms with Gasteiger partial charge in [-0.15, -0.1) is 0 Å². The van der Waals surface area contributed by atoms with Crippen molar-refractivity contribution in [3.63, 3.8) is 0 Å². The summed E-state index contributed by atoms with van der Waals surface area (Å²) in [5, 5.41) is 124. The molecular formula is C32H38O20. The summed E-state index contributed by atoms with van der Waals surface area (Å²) >= 11 is 0. The number of hydrogen-bond donors (Lipinski definition) is 12. The number of aliphatic hydroxyl groups is 8. The van der Waals surface area contributed by atoms with E-state index >= 15 is 0 Å². The summed E-state index contributed by atoms with van der Waals surface area (Å²) in [7, 11) is 0. The lowest BCUT2D eigenvalue weighted by molar-refractivity contribution is -0.335. The first-order chi connectivity index (χ1) is 24.5. The van der Waals surface area contributed by atoms with E-state index < -0.39 is 145 Å². The molecule has 3 aliphatic rings. The number of ether oxygens (including phenoxy) is 6. The van der Waals surface area contributed by atoms with Crippen molar-refractivity contribution in [2.45, 2.75) is 86.3 Å². The van der Waals surface area contributed by atoms with Crippen LogP contribution in [0.15, 0.2) is 39.5 Å². The average molecular weight is 743 g/mol. The Hall–Kier alpha value is -3.87. The third kappa shape index (κ3) is 6.85. The Morgan fingerprint density at radius 3 is 2.23 bits per heavy atom. The molecule has 286 valence electrons. The number of benzene rings is 2. The number of fused-ring (bicyclic) bond motifs is 1. The highest BCUT2D eigenvalue weighted by molar-refractivity contribution is 5.88. The number of phenolic OH excluding ortho intramolecular Hbond substituents is 4. The summed E-state index contributed by atoms with van der Waals surface area (Å²) in [6.45, 7) is -0.880. The van der Waals surface area contributed by atoms with E-state index in [9.17, 15) is 66.1 Å². The van der Waals surface area contributed by atoms with Gasteiger partial charge in [0.25, 0.3) is 0 Å². The van der Waals surface area contributed by atoms with Gasteiger partial charge in [-0.1, -0.05) is 0 Å². The smallest absolute Gasteiger partial charge is 0.239 e. The second-order valence-electron chi connectivity index (χ2n) is 12.8. The zero-order valence-electron chi connectivity index (χ0n) is 27.1. The molecule has 2 aromatic carbocycles. The fourth-order valence-electron chi connectivity index (χ4n) is 6.03. The first kappa shape index (κ1) is 37.9. The maximum Gasteiger partial charge on any atom is 0.239 e. The quantitative estimate of drug-likeness (QED) is 0.0959. The standard InChI is InChI=1S/C32H38O20/c1-10-19(38)22(41)24(43)29(48-10)46-7-17-20(39)23(42)27(52-31-28(44)32(45,8-33)9-47-31)30(50-17)51-26-21(40)18-15(37)5-12(34)6-16(18)49-25(26)11-2-3-13(35)14(36)4-11/h2-6,10,17,19-20,22-24,27-31,33-39,41-45H,7-9H2,1H3/t10-,17-,19-,20+,22+,23+,24+,27-,28-,29+,30-,31?,32+/m0/s1. The molecule has 3 saturated heterocycles. The highest BCUT2D eigenvalue weighted by atomic mass is 16.8. The van der Waals surface area contributed by atoms with Gasteiger partial charge in [0.15, 0.2) is 35.9 Å². The number of phenols is 4. The average Bonchev–Trinajstić information content (AvgIpc) is 3.39. The zero-order chi connectivity index (χ0) is 37.8. The molecule has 4 heterocycles. The highest BCUT2D eigenvalue weighted by Crippen LogP contribution is 2.40. The Balaban J connectivity index is 1.39. The van der Waals surface area contributed by atoms with E-state index in [0.717, 1.165) is 24.3 Å². The molecule has 1 aromatic heterocycles. The van der Waals surface area contributed by atoms with Crippen LogP contribution in [0, 0.1) is 0 Å². The molecule has 0 saturated carbocycles. The lowest BCUT2D eigenvalue weighted by atomic mass is 9.97. The van der Waals surface area contributed by atoms with Gasteiger partial charge in [0.1, 0.15) is 70.8 Å². The van der Waals surface area contributed by atoms with Gasteiger partial charge >= 0.3 is 0 Å². The van der Waals surface area contributed by atoms with Crippen molar-refractivity contribution < 1.29 is 94.1 Å². The minimum Gasteiger partial charge on any atom is -0.508 e. The van der Waals surface area contributed by atoms with Crippen molar-refractivity contribution in [3.8, 4) is 40.1 Å². The summed E-state index contributed by atoms with van der Waals surface area (Å²) in [5.74, 6) is -3.68. The minimum atomic E-state index is -2.19. The molecule has 13 atom stereocenters. The van der Waals surface area contributed by atoms with E-state index in [4.69, 9.17) is 32.8 Å². The molecule has 3 aromatic rings. The van der Waals surface area contributed by atoms with E-state index in [1.54, 1.807) is 0 Å². The monoisotopic (exact) mass is 742 g/mol. The van der Waals surface area contributed by atoms with Gasteiger partial charge in [-0.25, -0.2) is 0 Å². The first-order valence-electron chi connectivity index (χ1n) is 15.9. The molecule has 0 radical (unpaired) electrons. The molecule has 3 aliphatic heterocycles. The van der Waals surface area contributed by atoms with E-state index in [0.29, 0.717) is 0 Å². The van der Waals surface area contributed by atoms with E-state index in [2.05, 4.69) is 0 Å². The van der Waals surface area contributed by atoms with Crippen LogP contribution >= 0.6 is 0 Å². The number of hydrogen-bond acceptors (Lipinski definition) is 20. The largest absolute Gasteiger partial charge is 0.508 e. The number of aliphatic hydroxyl groups excluding tert-OH is 7. The van der Waals surface area contributed by atoms with Crippen molar-refractivity contribution in [3.05, 3.63) is 40.6 Å². The highest BCUT2D eigenvalue weighted by Gasteiger charge is 2.54. The van der Waals surface area contributed by atoms with Gasteiger partial charge in [0, 0.05) is 17.7 Å². The molecule has 1 unspecified atom stereocenters. The molecule has 3 fully saturated rings. The summed E-state index contributed by atoms with van der Waals surface area (Å²) in [5.41, 5.74) is -3.73. The molecule has 12 N–H and O–H groups in total. The second kappa shape index (κ2) is 14.5. The molecule has 20 heteroatoms. The Labute approximate surface area is 292 Å². The first-order valence-corrected chi connectivity index (χ1v) is 15.9. The lowest BCUT2D eigenvalue weighted by Gasteiger charge is -2.44. The van der Waals surface area contributed by atoms with Crippen LogP contribution in [0.25, 0.3) is 22.3 Å². The van der Waals surface area contributed by atoms with Crippen LogP contribution in [-0.4, -0.2) is 161 Å². The topological polar surface area (TPSA) is 328 Å². The molecule has 0 spiro atoms. The van der Waals surface area contributed by atoms with Crippen molar-refractivity contribution in [1.29, 1.82) is 0 Å². The maximum atomic E-state index is 14.0. The molecule has 20 nitrogen and oxygen atoms in total. The Kier molecular flexibility index (Phi) is 10.6. The van der Waals surface area contributed by atoms with E-state index in [-0.39, 0.29) is 11.1 Å². The lowest BCUT2D eigenvalue weighted by Crippen LogP contribution is -2.63.